The highest BCUT2D eigenvalue weighted by atomic mass is 32.1. The van der Waals surface area contributed by atoms with E-state index in [0.717, 1.165) is 31.1 Å². The fourth-order valence-corrected chi connectivity index (χ4v) is 3.36. The first kappa shape index (κ1) is 13.5. The number of thiophene rings is 1. The van der Waals surface area contributed by atoms with Crippen molar-refractivity contribution in [2.45, 2.75) is 19.5 Å². The largest absolute Gasteiger partial charge is 0.489 e. The van der Waals surface area contributed by atoms with Gasteiger partial charge in [0, 0.05) is 29.6 Å². The van der Waals surface area contributed by atoms with Crippen LogP contribution < -0.4 is 10.1 Å². The number of fused-ring (bicyclic) bond motifs is 1. The number of para-hydroxylation sites is 1. The summed E-state index contributed by atoms with van der Waals surface area (Å²) in [5.41, 5.74) is 2.37. The van der Waals surface area contributed by atoms with E-state index in [4.69, 9.17) is 4.74 Å². The van der Waals surface area contributed by atoms with E-state index in [2.05, 4.69) is 59.9 Å². The van der Waals surface area contributed by atoms with Gasteiger partial charge in [-0.2, -0.15) is 0 Å². The summed E-state index contributed by atoms with van der Waals surface area (Å²) >= 11 is 1.81. The van der Waals surface area contributed by atoms with Crippen molar-refractivity contribution in [1.82, 2.24) is 4.90 Å². The Kier molecular flexibility index (Phi) is 3.94. The van der Waals surface area contributed by atoms with E-state index in [-0.39, 0.29) is 0 Å². The number of benzene rings is 1. The van der Waals surface area contributed by atoms with Crippen molar-refractivity contribution in [3.63, 3.8) is 0 Å². The Hall–Kier alpha value is -1.52. The van der Waals surface area contributed by atoms with E-state index in [1.165, 1.54) is 10.4 Å². The molecule has 0 saturated carbocycles. The van der Waals surface area contributed by atoms with Gasteiger partial charge >= 0.3 is 0 Å². The fourth-order valence-electron chi connectivity index (χ4n) is 2.51. The number of hydrogen-bond donors (Lipinski definition) is 1. The van der Waals surface area contributed by atoms with Crippen molar-refractivity contribution in [3.05, 3.63) is 46.2 Å². The Balaban J connectivity index is 1.77. The molecule has 1 N–H and O–H groups in total. The molecule has 106 valence electrons. The van der Waals surface area contributed by atoms with Gasteiger partial charge in [-0.05, 0) is 31.5 Å². The van der Waals surface area contributed by atoms with Crippen LogP contribution in [0.2, 0.25) is 0 Å². The molecule has 1 unspecified atom stereocenters. The molecule has 0 saturated heterocycles. The molecule has 3 nitrogen and oxygen atoms in total. The molecule has 0 bridgehead atoms. The molecule has 0 fully saturated rings. The van der Waals surface area contributed by atoms with E-state index < -0.39 is 0 Å². The van der Waals surface area contributed by atoms with Crippen LogP contribution in [-0.2, 0) is 6.54 Å². The molecule has 2 aromatic rings. The number of nitrogens with zero attached hydrogens (tertiary/aromatic N) is 1. The molecule has 0 spiro atoms. The zero-order valence-electron chi connectivity index (χ0n) is 11.9. The van der Waals surface area contributed by atoms with Gasteiger partial charge in [-0.25, -0.2) is 0 Å². The second kappa shape index (κ2) is 5.85. The molecule has 0 radical (unpaired) electrons. The second-order valence-electron chi connectivity index (χ2n) is 5.18. The van der Waals surface area contributed by atoms with Gasteiger partial charge in [0.25, 0.3) is 0 Å². The van der Waals surface area contributed by atoms with Gasteiger partial charge in [-0.3, -0.25) is 4.90 Å². The summed E-state index contributed by atoms with van der Waals surface area (Å²) in [4.78, 5) is 3.76. The SMILES string of the molecule is CC(c1cccs1)N(C)Cc1cccc2c1OCCN2. The van der Waals surface area contributed by atoms with Crippen molar-refractivity contribution in [2.75, 3.05) is 25.5 Å². The number of hydrogen-bond acceptors (Lipinski definition) is 4. The average Bonchev–Trinajstić information content (AvgIpc) is 3.01. The maximum atomic E-state index is 5.84. The molecule has 0 amide bonds. The van der Waals surface area contributed by atoms with Crippen LogP contribution >= 0.6 is 11.3 Å². The van der Waals surface area contributed by atoms with E-state index in [1.54, 1.807) is 0 Å². The lowest BCUT2D eigenvalue weighted by molar-refractivity contribution is 0.247. The van der Waals surface area contributed by atoms with Crippen LogP contribution in [0.5, 0.6) is 5.75 Å². The minimum atomic E-state index is 0.419. The van der Waals surface area contributed by atoms with Gasteiger partial charge in [0.05, 0.1) is 5.69 Å². The smallest absolute Gasteiger partial charge is 0.146 e. The molecule has 2 heterocycles. The Morgan fingerprint density at radius 2 is 2.25 bits per heavy atom. The van der Waals surface area contributed by atoms with Crippen LogP contribution in [0, 0.1) is 0 Å². The molecule has 20 heavy (non-hydrogen) atoms. The summed E-state index contributed by atoms with van der Waals surface area (Å²) in [5.74, 6) is 1.02. The van der Waals surface area contributed by atoms with E-state index in [9.17, 15) is 0 Å². The van der Waals surface area contributed by atoms with E-state index >= 15 is 0 Å². The lowest BCUT2D eigenvalue weighted by atomic mass is 10.1. The standard InChI is InChI=1S/C16H20N2OS/c1-12(15-7-4-10-20-15)18(2)11-13-5-3-6-14-16(13)19-9-8-17-14/h3-7,10,12,17H,8-9,11H2,1-2H3. The van der Waals surface area contributed by atoms with E-state index in [1.807, 2.05) is 11.3 Å². The zero-order valence-corrected chi connectivity index (χ0v) is 12.7. The molecule has 1 aromatic heterocycles. The molecule has 3 rings (SSSR count). The van der Waals surface area contributed by atoms with Crippen molar-refractivity contribution in [1.29, 1.82) is 0 Å². The monoisotopic (exact) mass is 288 g/mol. The number of nitrogens with one attached hydrogen (secondary N) is 1. The molecule has 1 aliphatic heterocycles. The Bertz CT molecular complexity index is 568. The molecule has 0 aliphatic carbocycles. The van der Waals surface area contributed by atoms with Crippen molar-refractivity contribution in [2.24, 2.45) is 0 Å². The van der Waals surface area contributed by atoms with Crippen LogP contribution in [0.25, 0.3) is 0 Å². The third kappa shape index (κ3) is 2.67. The first-order chi connectivity index (χ1) is 9.75. The van der Waals surface area contributed by atoms with Crippen LogP contribution in [0.3, 0.4) is 0 Å². The highest BCUT2D eigenvalue weighted by molar-refractivity contribution is 7.10. The summed E-state index contributed by atoms with van der Waals surface area (Å²) in [5, 5.41) is 5.53. The summed E-state index contributed by atoms with van der Waals surface area (Å²) in [6.07, 6.45) is 0. The van der Waals surface area contributed by atoms with E-state index in [0.29, 0.717) is 6.04 Å². The predicted molar refractivity (Wildman–Crippen MR) is 84.6 cm³/mol. The van der Waals surface area contributed by atoms with Gasteiger partial charge in [-0.15, -0.1) is 11.3 Å². The highest BCUT2D eigenvalue weighted by Crippen LogP contribution is 2.33. The van der Waals surface area contributed by atoms with Gasteiger partial charge in [0.15, 0.2) is 0 Å². The zero-order chi connectivity index (χ0) is 13.9. The van der Waals surface area contributed by atoms with Crippen LogP contribution in [0.4, 0.5) is 5.69 Å². The third-order valence-corrected chi connectivity index (χ3v) is 4.84. The van der Waals surface area contributed by atoms with Gasteiger partial charge in [-0.1, -0.05) is 18.2 Å². The fraction of sp³-hybridized carbons (Fsp3) is 0.375. The molecule has 1 aromatic carbocycles. The third-order valence-electron chi connectivity index (χ3n) is 3.80. The van der Waals surface area contributed by atoms with Crippen molar-refractivity contribution >= 4 is 17.0 Å². The lowest BCUT2D eigenvalue weighted by Crippen LogP contribution is -2.24. The Morgan fingerprint density at radius 3 is 3.05 bits per heavy atom. The van der Waals surface area contributed by atoms with Crippen molar-refractivity contribution < 1.29 is 4.74 Å². The maximum Gasteiger partial charge on any atom is 0.146 e. The molecular formula is C16H20N2OS. The Labute approximate surface area is 124 Å². The Morgan fingerprint density at radius 1 is 1.35 bits per heavy atom. The summed E-state index contributed by atoms with van der Waals surface area (Å²) in [7, 11) is 2.17. The summed E-state index contributed by atoms with van der Waals surface area (Å²) in [6, 6.07) is 11.1. The van der Waals surface area contributed by atoms with Crippen molar-refractivity contribution in [3.8, 4) is 5.75 Å². The van der Waals surface area contributed by atoms with Crippen LogP contribution in [0.15, 0.2) is 35.7 Å². The average molecular weight is 288 g/mol. The number of anilines is 1. The number of rotatable bonds is 4. The van der Waals surface area contributed by atoms with Gasteiger partial charge in [0.1, 0.15) is 12.4 Å². The maximum absolute atomic E-state index is 5.84. The molecule has 1 aliphatic rings. The first-order valence-corrected chi connectivity index (χ1v) is 7.86. The second-order valence-corrected chi connectivity index (χ2v) is 6.15. The van der Waals surface area contributed by atoms with Gasteiger partial charge < -0.3 is 10.1 Å². The van der Waals surface area contributed by atoms with Gasteiger partial charge in [0.2, 0.25) is 0 Å². The minimum absolute atomic E-state index is 0.419. The molecular weight excluding hydrogens is 268 g/mol. The topological polar surface area (TPSA) is 24.5 Å². The predicted octanol–water partition coefficient (Wildman–Crippen LogP) is 3.75. The first-order valence-electron chi connectivity index (χ1n) is 6.98. The lowest BCUT2D eigenvalue weighted by Gasteiger charge is -2.27. The van der Waals surface area contributed by atoms with Crippen LogP contribution in [0.1, 0.15) is 23.4 Å². The molecule has 1 atom stereocenters. The summed E-state index contributed by atoms with van der Waals surface area (Å²) in [6.45, 7) is 4.77. The molecule has 4 heteroatoms. The summed E-state index contributed by atoms with van der Waals surface area (Å²) < 4.78 is 5.84. The van der Waals surface area contributed by atoms with Crippen LogP contribution in [-0.4, -0.2) is 25.1 Å². The normalized spacial score (nSPS) is 15.3. The highest BCUT2D eigenvalue weighted by Gasteiger charge is 2.18. The number of ether oxygens (including phenoxy) is 1. The minimum Gasteiger partial charge on any atom is -0.489 e. The quantitative estimate of drug-likeness (QED) is 0.927.